The zero-order valence-corrected chi connectivity index (χ0v) is 10.3. The third-order valence-electron chi connectivity index (χ3n) is 2.74. The van der Waals surface area contributed by atoms with Crippen LogP contribution in [0.2, 0.25) is 5.02 Å². The molecule has 4 nitrogen and oxygen atoms in total. The average molecular weight is 259 g/mol. The number of fused-ring (bicyclic) bond motifs is 1. The lowest BCUT2D eigenvalue weighted by Crippen LogP contribution is -2.01. The van der Waals surface area contributed by atoms with Crippen LogP contribution in [0.25, 0.3) is 10.9 Å². The monoisotopic (exact) mass is 258 g/mol. The molecule has 2 N–H and O–H groups in total. The predicted octanol–water partition coefficient (Wildman–Crippen LogP) is 3.22. The van der Waals surface area contributed by atoms with Gasteiger partial charge in [0.15, 0.2) is 0 Å². The van der Waals surface area contributed by atoms with Gasteiger partial charge in [0, 0.05) is 17.8 Å². The minimum Gasteiger partial charge on any atom is -0.378 e. The average Bonchev–Trinajstić information content (AvgIpc) is 2.92. The van der Waals surface area contributed by atoms with Crippen LogP contribution in [0, 0.1) is 0 Å². The van der Waals surface area contributed by atoms with Gasteiger partial charge in [-0.3, -0.25) is 10.1 Å². The summed E-state index contributed by atoms with van der Waals surface area (Å²) in [4.78, 5) is 4.37. The Kier molecular flexibility index (Phi) is 2.86. The Morgan fingerprint density at radius 3 is 2.94 bits per heavy atom. The molecule has 0 fully saturated rings. The van der Waals surface area contributed by atoms with Crippen LogP contribution in [-0.2, 0) is 6.54 Å². The third-order valence-corrected chi connectivity index (χ3v) is 3.07. The standard InChI is InChI=1S/C13H11ClN4/c14-11-3-4-12(13-10(11)2-1-6-15-13)16-8-9-5-7-17-18-9/h1-7,16H,8H2,(H,17,18). The van der Waals surface area contributed by atoms with Gasteiger partial charge in [0.2, 0.25) is 0 Å². The van der Waals surface area contributed by atoms with Crippen LogP contribution in [0.5, 0.6) is 0 Å². The first-order valence-electron chi connectivity index (χ1n) is 5.60. The second kappa shape index (κ2) is 4.66. The molecule has 5 heteroatoms. The predicted molar refractivity (Wildman–Crippen MR) is 72.7 cm³/mol. The van der Waals surface area contributed by atoms with Crippen molar-refractivity contribution in [1.29, 1.82) is 0 Å². The molecule has 0 aliphatic heterocycles. The number of nitrogens with one attached hydrogen (secondary N) is 2. The van der Waals surface area contributed by atoms with Crippen LogP contribution >= 0.6 is 11.6 Å². The first-order valence-corrected chi connectivity index (χ1v) is 5.98. The van der Waals surface area contributed by atoms with E-state index in [-0.39, 0.29) is 0 Å². The summed E-state index contributed by atoms with van der Waals surface area (Å²) in [5, 5.41) is 11.8. The Bertz CT molecular complexity index is 664. The third kappa shape index (κ3) is 2.02. The van der Waals surface area contributed by atoms with E-state index in [1.165, 1.54) is 0 Å². The molecular weight excluding hydrogens is 248 g/mol. The zero-order valence-electron chi connectivity index (χ0n) is 9.52. The molecule has 1 aromatic carbocycles. The quantitative estimate of drug-likeness (QED) is 0.758. The summed E-state index contributed by atoms with van der Waals surface area (Å²) in [5.41, 5.74) is 2.86. The van der Waals surface area contributed by atoms with Crippen LogP contribution < -0.4 is 5.32 Å². The topological polar surface area (TPSA) is 53.6 Å². The molecule has 0 aliphatic rings. The van der Waals surface area contributed by atoms with E-state index < -0.39 is 0 Å². The van der Waals surface area contributed by atoms with Crippen LogP contribution in [-0.4, -0.2) is 15.2 Å². The molecular formula is C13H11ClN4. The van der Waals surface area contributed by atoms with Crippen molar-refractivity contribution in [2.45, 2.75) is 6.54 Å². The number of pyridine rings is 1. The van der Waals surface area contributed by atoms with Gasteiger partial charge in [-0.05, 0) is 30.3 Å². The zero-order chi connectivity index (χ0) is 12.4. The molecule has 0 unspecified atom stereocenters. The number of rotatable bonds is 3. The van der Waals surface area contributed by atoms with Crippen LogP contribution in [0.3, 0.4) is 0 Å². The lowest BCUT2D eigenvalue weighted by molar-refractivity contribution is 0.982. The number of hydrogen-bond acceptors (Lipinski definition) is 3. The van der Waals surface area contributed by atoms with Gasteiger partial charge in [-0.2, -0.15) is 5.10 Å². The molecule has 18 heavy (non-hydrogen) atoms. The first kappa shape index (κ1) is 11.0. The van der Waals surface area contributed by atoms with Gasteiger partial charge in [-0.25, -0.2) is 0 Å². The number of H-pyrrole nitrogens is 1. The Labute approximate surface area is 109 Å². The summed E-state index contributed by atoms with van der Waals surface area (Å²) in [6.07, 6.45) is 3.50. The molecule has 0 bridgehead atoms. The lowest BCUT2D eigenvalue weighted by Gasteiger charge is -2.09. The Hall–Kier alpha value is -2.07. The molecule has 2 aromatic heterocycles. The van der Waals surface area contributed by atoms with E-state index >= 15 is 0 Å². The van der Waals surface area contributed by atoms with Crippen LogP contribution in [0.15, 0.2) is 42.7 Å². The highest BCUT2D eigenvalue weighted by molar-refractivity contribution is 6.35. The van der Waals surface area contributed by atoms with Crippen molar-refractivity contribution in [1.82, 2.24) is 15.2 Å². The second-order valence-corrected chi connectivity index (χ2v) is 4.34. The minimum atomic E-state index is 0.674. The summed E-state index contributed by atoms with van der Waals surface area (Å²) in [5.74, 6) is 0. The number of anilines is 1. The number of benzene rings is 1. The van der Waals surface area contributed by atoms with Crippen molar-refractivity contribution in [2.24, 2.45) is 0 Å². The maximum absolute atomic E-state index is 6.14. The van der Waals surface area contributed by atoms with Crippen molar-refractivity contribution in [2.75, 3.05) is 5.32 Å². The molecule has 0 radical (unpaired) electrons. The van der Waals surface area contributed by atoms with E-state index in [0.717, 1.165) is 22.3 Å². The van der Waals surface area contributed by atoms with E-state index in [9.17, 15) is 0 Å². The molecule has 3 aromatic rings. The molecule has 0 saturated carbocycles. The highest BCUT2D eigenvalue weighted by atomic mass is 35.5. The fraction of sp³-hybridized carbons (Fsp3) is 0.0769. The summed E-state index contributed by atoms with van der Waals surface area (Å²) in [7, 11) is 0. The number of aromatic nitrogens is 3. The van der Waals surface area contributed by atoms with Crippen molar-refractivity contribution in [3.63, 3.8) is 0 Å². The summed E-state index contributed by atoms with van der Waals surface area (Å²) in [6, 6.07) is 9.59. The van der Waals surface area contributed by atoms with Gasteiger partial charge in [0.1, 0.15) is 0 Å². The van der Waals surface area contributed by atoms with E-state index in [1.54, 1.807) is 12.4 Å². The van der Waals surface area contributed by atoms with E-state index in [0.29, 0.717) is 11.6 Å². The fourth-order valence-electron chi connectivity index (χ4n) is 1.85. The minimum absolute atomic E-state index is 0.674. The first-order chi connectivity index (χ1) is 8.84. The van der Waals surface area contributed by atoms with Crippen molar-refractivity contribution in [3.8, 4) is 0 Å². The highest BCUT2D eigenvalue weighted by Gasteiger charge is 2.05. The molecule has 0 saturated heterocycles. The summed E-state index contributed by atoms with van der Waals surface area (Å²) < 4.78 is 0. The second-order valence-electron chi connectivity index (χ2n) is 3.93. The number of nitrogens with zero attached hydrogens (tertiary/aromatic N) is 2. The smallest absolute Gasteiger partial charge is 0.0948 e. The molecule has 0 atom stereocenters. The maximum atomic E-state index is 6.14. The van der Waals surface area contributed by atoms with Crippen molar-refractivity contribution >= 4 is 28.2 Å². The van der Waals surface area contributed by atoms with E-state index in [1.807, 2.05) is 30.3 Å². The highest BCUT2D eigenvalue weighted by Crippen LogP contribution is 2.28. The Morgan fingerprint density at radius 2 is 2.11 bits per heavy atom. The van der Waals surface area contributed by atoms with Crippen molar-refractivity contribution in [3.05, 3.63) is 53.4 Å². The normalized spacial score (nSPS) is 10.7. The van der Waals surface area contributed by atoms with Gasteiger partial charge in [-0.1, -0.05) is 11.6 Å². The fourth-order valence-corrected chi connectivity index (χ4v) is 2.07. The van der Waals surface area contributed by atoms with Gasteiger partial charge < -0.3 is 5.32 Å². The number of hydrogen-bond donors (Lipinski definition) is 2. The molecule has 2 heterocycles. The van der Waals surface area contributed by atoms with Crippen LogP contribution in [0.4, 0.5) is 5.69 Å². The SMILES string of the molecule is Clc1ccc(NCc2ccn[nH]2)c2ncccc12. The van der Waals surface area contributed by atoms with Gasteiger partial charge in [-0.15, -0.1) is 0 Å². The molecule has 0 aliphatic carbocycles. The summed E-state index contributed by atoms with van der Waals surface area (Å²) >= 11 is 6.14. The number of aromatic amines is 1. The maximum Gasteiger partial charge on any atom is 0.0948 e. The van der Waals surface area contributed by atoms with Gasteiger partial charge in [0.25, 0.3) is 0 Å². The number of halogens is 1. The van der Waals surface area contributed by atoms with Gasteiger partial charge >= 0.3 is 0 Å². The molecule has 90 valence electrons. The molecule has 0 spiro atoms. The molecule has 3 rings (SSSR count). The van der Waals surface area contributed by atoms with Gasteiger partial charge in [0.05, 0.1) is 28.5 Å². The molecule has 0 amide bonds. The van der Waals surface area contributed by atoms with E-state index in [4.69, 9.17) is 11.6 Å². The largest absolute Gasteiger partial charge is 0.378 e. The van der Waals surface area contributed by atoms with E-state index in [2.05, 4.69) is 20.5 Å². The van der Waals surface area contributed by atoms with Crippen LogP contribution in [0.1, 0.15) is 5.69 Å². The Balaban J connectivity index is 1.94. The van der Waals surface area contributed by atoms with Crippen molar-refractivity contribution < 1.29 is 0 Å². The Morgan fingerprint density at radius 1 is 1.17 bits per heavy atom. The summed E-state index contributed by atoms with van der Waals surface area (Å²) in [6.45, 7) is 0.674. The lowest BCUT2D eigenvalue weighted by atomic mass is 10.2.